The van der Waals surface area contributed by atoms with Gasteiger partial charge in [0.1, 0.15) is 5.82 Å². The van der Waals surface area contributed by atoms with Gasteiger partial charge in [-0.25, -0.2) is 4.39 Å². The molecule has 18 heavy (non-hydrogen) atoms. The lowest BCUT2D eigenvalue weighted by Crippen LogP contribution is -2.37. The first-order valence-electron chi connectivity index (χ1n) is 5.99. The molecule has 1 rings (SSSR count). The van der Waals surface area contributed by atoms with Crippen molar-refractivity contribution in [2.24, 2.45) is 5.84 Å². The number of rotatable bonds is 7. The van der Waals surface area contributed by atoms with Crippen LogP contribution in [-0.4, -0.2) is 19.3 Å². The van der Waals surface area contributed by atoms with E-state index in [0.29, 0.717) is 4.47 Å². The minimum atomic E-state index is -0.246. The van der Waals surface area contributed by atoms with Crippen LogP contribution >= 0.6 is 15.9 Å². The Morgan fingerprint density at radius 1 is 1.44 bits per heavy atom. The normalized spacial score (nSPS) is 14.5. The zero-order chi connectivity index (χ0) is 13.5. The Kier molecular flexibility index (Phi) is 6.78. The van der Waals surface area contributed by atoms with Gasteiger partial charge in [0.15, 0.2) is 0 Å². The molecule has 0 bridgehead atoms. The predicted octanol–water partition coefficient (Wildman–Crippen LogP) is 2.78. The van der Waals surface area contributed by atoms with Crippen LogP contribution in [0.1, 0.15) is 25.3 Å². The second-order valence-corrected chi connectivity index (χ2v) is 5.29. The second-order valence-electron chi connectivity index (χ2n) is 4.44. The lowest BCUT2D eigenvalue weighted by molar-refractivity contribution is 0.106. The minimum Gasteiger partial charge on any atom is -0.382 e. The quantitative estimate of drug-likeness (QED) is 0.600. The molecule has 0 saturated carbocycles. The zero-order valence-electron chi connectivity index (χ0n) is 10.7. The number of hydrazine groups is 1. The van der Waals surface area contributed by atoms with E-state index in [1.165, 1.54) is 6.07 Å². The van der Waals surface area contributed by atoms with E-state index in [0.717, 1.165) is 24.8 Å². The van der Waals surface area contributed by atoms with Gasteiger partial charge in [0, 0.05) is 13.2 Å². The Morgan fingerprint density at radius 3 is 2.72 bits per heavy atom. The summed E-state index contributed by atoms with van der Waals surface area (Å²) in [5, 5.41) is 0. The lowest BCUT2D eigenvalue weighted by atomic mass is 10.0. The Balaban J connectivity index is 2.54. The molecular weight excluding hydrogens is 299 g/mol. The number of halogens is 2. The number of hydrogen-bond acceptors (Lipinski definition) is 3. The van der Waals surface area contributed by atoms with Crippen molar-refractivity contribution in [1.82, 2.24) is 5.43 Å². The van der Waals surface area contributed by atoms with Crippen molar-refractivity contribution in [2.45, 2.75) is 38.3 Å². The summed E-state index contributed by atoms with van der Waals surface area (Å²) in [6.07, 6.45) is 2.85. The second kappa shape index (κ2) is 7.84. The van der Waals surface area contributed by atoms with Gasteiger partial charge in [-0.1, -0.05) is 6.07 Å². The Bertz CT molecular complexity index is 376. The number of nitrogens with one attached hydrogen (secondary N) is 1. The molecule has 102 valence electrons. The molecule has 2 unspecified atom stereocenters. The molecule has 0 aliphatic carbocycles. The summed E-state index contributed by atoms with van der Waals surface area (Å²) < 4.78 is 18.8. The van der Waals surface area contributed by atoms with Crippen LogP contribution < -0.4 is 11.3 Å². The molecule has 0 aliphatic rings. The van der Waals surface area contributed by atoms with Crippen LogP contribution in [0.4, 0.5) is 4.39 Å². The van der Waals surface area contributed by atoms with Crippen LogP contribution in [0.25, 0.3) is 0 Å². The topological polar surface area (TPSA) is 47.3 Å². The SMILES string of the molecule is COC(C)CCC(Cc1ccc(F)c(Br)c1)NN. The first-order valence-corrected chi connectivity index (χ1v) is 6.79. The van der Waals surface area contributed by atoms with E-state index < -0.39 is 0 Å². The van der Waals surface area contributed by atoms with Gasteiger partial charge in [0.05, 0.1) is 10.6 Å². The molecule has 3 nitrogen and oxygen atoms in total. The van der Waals surface area contributed by atoms with Crippen LogP contribution in [-0.2, 0) is 11.2 Å². The van der Waals surface area contributed by atoms with E-state index in [2.05, 4.69) is 21.4 Å². The molecule has 0 spiro atoms. The van der Waals surface area contributed by atoms with E-state index in [9.17, 15) is 4.39 Å². The molecule has 5 heteroatoms. The molecule has 2 atom stereocenters. The van der Waals surface area contributed by atoms with Crippen LogP contribution in [0, 0.1) is 5.82 Å². The summed E-state index contributed by atoms with van der Waals surface area (Å²) in [5.41, 5.74) is 3.85. The van der Waals surface area contributed by atoms with Crippen LogP contribution in [0.3, 0.4) is 0 Å². The first-order chi connectivity index (χ1) is 8.56. The fourth-order valence-electron chi connectivity index (χ4n) is 1.75. The monoisotopic (exact) mass is 318 g/mol. The maximum absolute atomic E-state index is 13.1. The molecule has 0 heterocycles. The van der Waals surface area contributed by atoms with E-state index >= 15 is 0 Å². The van der Waals surface area contributed by atoms with E-state index in [-0.39, 0.29) is 18.0 Å². The van der Waals surface area contributed by atoms with Gasteiger partial charge >= 0.3 is 0 Å². The van der Waals surface area contributed by atoms with Crippen LogP contribution in [0.15, 0.2) is 22.7 Å². The molecule has 0 aliphatic heterocycles. The molecular formula is C13H20BrFN2O. The van der Waals surface area contributed by atoms with Gasteiger partial charge in [0.2, 0.25) is 0 Å². The smallest absolute Gasteiger partial charge is 0.137 e. The Hall–Kier alpha value is -0.490. The van der Waals surface area contributed by atoms with E-state index in [4.69, 9.17) is 10.6 Å². The Labute approximate surface area is 116 Å². The van der Waals surface area contributed by atoms with Crippen LogP contribution in [0.5, 0.6) is 0 Å². The maximum Gasteiger partial charge on any atom is 0.137 e. The zero-order valence-corrected chi connectivity index (χ0v) is 12.3. The molecule has 0 aromatic heterocycles. The third-order valence-corrected chi connectivity index (χ3v) is 3.63. The summed E-state index contributed by atoms with van der Waals surface area (Å²) in [7, 11) is 1.70. The highest BCUT2D eigenvalue weighted by molar-refractivity contribution is 9.10. The van der Waals surface area contributed by atoms with Crippen molar-refractivity contribution in [3.8, 4) is 0 Å². The van der Waals surface area contributed by atoms with Crippen molar-refractivity contribution in [1.29, 1.82) is 0 Å². The third-order valence-electron chi connectivity index (χ3n) is 3.03. The molecule has 0 radical (unpaired) electrons. The molecule has 3 N–H and O–H groups in total. The van der Waals surface area contributed by atoms with E-state index in [1.807, 2.05) is 6.92 Å². The van der Waals surface area contributed by atoms with E-state index in [1.54, 1.807) is 19.2 Å². The average Bonchev–Trinajstić information content (AvgIpc) is 2.38. The van der Waals surface area contributed by atoms with Gasteiger partial charge in [-0.05, 0) is 59.8 Å². The summed E-state index contributed by atoms with van der Waals surface area (Å²) in [6, 6.07) is 5.20. The maximum atomic E-state index is 13.1. The van der Waals surface area contributed by atoms with Crippen molar-refractivity contribution in [2.75, 3.05) is 7.11 Å². The van der Waals surface area contributed by atoms with Gasteiger partial charge in [-0.15, -0.1) is 0 Å². The summed E-state index contributed by atoms with van der Waals surface area (Å²) in [5.74, 6) is 5.29. The van der Waals surface area contributed by atoms with Gasteiger partial charge in [-0.3, -0.25) is 11.3 Å². The number of benzene rings is 1. The minimum absolute atomic E-state index is 0.167. The van der Waals surface area contributed by atoms with Gasteiger partial charge < -0.3 is 4.74 Å². The van der Waals surface area contributed by atoms with Crippen molar-refractivity contribution in [3.63, 3.8) is 0 Å². The van der Waals surface area contributed by atoms with Crippen molar-refractivity contribution in [3.05, 3.63) is 34.1 Å². The standard InChI is InChI=1S/C13H20BrFN2O/c1-9(18-2)3-5-11(17-16)7-10-4-6-13(15)12(14)8-10/h4,6,8-9,11,17H,3,5,7,16H2,1-2H3. The highest BCUT2D eigenvalue weighted by Crippen LogP contribution is 2.18. The molecule has 0 saturated heterocycles. The van der Waals surface area contributed by atoms with Crippen molar-refractivity contribution < 1.29 is 9.13 Å². The number of nitrogens with two attached hydrogens (primary N) is 1. The average molecular weight is 319 g/mol. The van der Waals surface area contributed by atoms with Crippen molar-refractivity contribution >= 4 is 15.9 Å². The Morgan fingerprint density at radius 2 is 2.17 bits per heavy atom. The van der Waals surface area contributed by atoms with Gasteiger partial charge in [0.25, 0.3) is 0 Å². The predicted molar refractivity (Wildman–Crippen MR) is 74.6 cm³/mol. The molecule has 0 fully saturated rings. The highest BCUT2D eigenvalue weighted by atomic mass is 79.9. The summed E-state index contributed by atoms with van der Waals surface area (Å²) in [6.45, 7) is 2.03. The highest BCUT2D eigenvalue weighted by Gasteiger charge is 2.11. The fraction of sp³-hybridized carbons (Fsp3) is 0.538. The summed E-state index contributed by atoms with van der Waals surface area (Å²) in [4.78, 5) is 0. The van der Waals surface area contributed by atoms with Gasteiger partial charge in [-0.2, -0.15) is 0 Å². The molecule has 1 aromatic rings. The number of ether oxygens (including phenoxy) is 1. The molecule has 0 amide bonds. The molecule has 1 aromatic carbocycles. The number of methoxy groups -OCH3 is 1. The fourth-order valence-corrected chi connectivity index (χ4v) is 2.18. The number of hydrogen-bond donors (Lipinski definition) is 2. The third kappa shape index (κ3) is 5.02. The summed E-state index contributed by atoms with van der Waals surface area (Å²) >= 11 is 3.18. The lowest BCUT2D eigenvalue weighted by Gasteiger charge is -2.18. The first kappa shape index (κ1) is 15.6. The van der Waals surface area contributed by atoms with Crippen LogP contribution in [0.2, 0.25) is 0 Å². The largest absolute Gasteiger partial charge is 0.382 e.